The number of fused-ring (bicyclic) bond motifs is 1. The Kier molecular flexibility index (Phi) is 9.42. The van der Waals surface area contributed by atoms with Crippen molar-refractivity contribution in [3.8, 4) is 0 Å². The minimum Gasteiger partial charge on any atom is -0.344 e. The Bertz CT molecular complexity index is 1330. The predicted octanol–water partition coefficient (Wildman–Crippen LogP) is 2.61. The zero-order chi connectivity index (χ0) is 27.9. The van der Waals surface area contributed by atoms with Gasteiger partial charge in [-0.05, 0) is 49.3 Å². The number of piperazine rings is 1. The first-order valence-corrected chi connectivity index (χ1v) is 14.1. The zero-order valence-corrected chi connectivity index (χ0v) is 23.4. The van der Waals surface area contributed by atoms with Crippen LogP contribution in [0.15, 0.2) is 54.0 Å². The average molecular weight is 550 g/mol. The first-order chi connectivity index (χ1) is 18.8. The molecule has 1 N–H and O–H groups in total. The highest BCUT2D eigenvalue weighted by atomic mass is 32.1. The molecule has 206 valence electrons. The number of likely N-dealkylation sites (N-methyl/N-ethyl adjacent to an activating group) is 1. The van der Waals surface area contributed by atoms with E-state index < -0.39 is 18.0 Å². The van der Waals surface area contributed by atoms with Gasteiger partial charge in [0.1, 0.15) is 12.6 Å². The van der Waals surface area contributed by atoms with Gasteiger partial charge in [0, 0.05) is 25.0 Å². The minimum atomic E-state index is -0.811. The molecular weight excluding hydrogens is 514 g/mol. The van der Waals surface area contributed by atoms with Gasteiger partial charge in [0.2, 0.25) is 23.5 Å². The lowest BCUT2D eigenvalue weighted by molar-refractivity contribution is -0.155. The fourth-order valence-corrected chi connectivity index (χ4v) is 5.43. The molecule has 1 saturated heterocycles. The summed E-state index contributed by atoms with van der Waals surface area (Å²) in [7, 11) is 3.60. The molecule has 9 nitrogen and oxygen atoms in total. The van der Waals surface area contributed by atoms with Crippen LogP contribution in [0.4, 0.5) is 0 Å². The topological polar surface area (TPSA) is 103 Å². The van der Waals surface area contributed by atoms with Crippen molar-refractivity contribution in [3.05, 3.63) is 64.6 Å². The Balaban J connectivity index is 1.49. The third-order valence-electron chi connectivity index (χ3n) is 7.15. The van der Waals surface area contributed by atoms with Gasteiger partial charge in [0.15, 0.2) is 5.01 Å². The lowest BCUT2D eigenvalue weighted by Crippen LogP contribution is -2.61. The second-order valence-corrected chi connectivity index (χ2v) is 10.9. The van der Waals surface area contributed by atoms with E-state index in [2.05, 4.69) is 22.1 Å². The number of thiazole rings is 1. The van der Waals surface area contributed by atoms with Crippen molar-refractivity contribution in [1.29, 1.82) is 0 Å². The van der Waals surface area contributed by atoms with Gasteiger partial charge >= 0.3 is 0 Å². The number of benzene rings is 2. The van der Waals surface area contributed by atoms with Gasteiger partial charge in [-0.15, -0.1) is 11.3 Å². The number of ketones is 1. The molecule has 0 unspecified atom stereocenters. The van der Waals surface area contributed by atoms with E-state index in [-0.39, 0.29) is 37.1 Å². The molecule has 0 aliphatic carbocycles. The number of rotatable bonds is 12. The summed E-state index contributed by atoms with van der Waals surface area (Å²) in [6.07, 6.45) is 3.01. The van der Waals surface area contributed by atoms with E-state index in [0.717, 1.165) is 29.4 Å². The first kappa shape index (κ1) is 28.4. The summed E-state index contributed by atoms with van der Waals surface area (Å²) in [5.41, 5.74) is 0.900. The molecule has 0 saturated carbocycles. The molecule has 1 fully saturated rings. The Morgan fingerprint density at radius 2 is 1.95 bits per heavy atom. The van der Waals surface area contributed by atoms with Gasteiger partial charge in [-0.2, -0.15) is 0 Å². The molecule has 0 radical (unpaired) electrons. The summed E-state index contributed by atoms with van der Waals surface area (Å²) >= 11 is 1.23. The Hall–Kier alpha value is -3.63. The van der Waals surface area contributed by atoms with E-state index in [1.54, 1.807) is 18.6 Å². The van der Waals surface area contributed by atoms with Gasteiger partial charge in [-0.1, -0.05) is 49.4 Å². The van der Waals surface area contributed by atoms with E-state index in [1.807, 2.05) is 49.5 Å². The molecule has 1 aromatic heterocycles. The number of nitrogens with one attached hydrogen (secondary N) is 1. The van der Waals surface area contributed by atoms with Crippen molar-refractivity contribution in [1.82, 2.24) is 25.0 Å². The maximum atomic E-state index is 13.2. The van der Waals surface area contributed by atoms with Gasteiger partial charge in [-0.25, -0.2) is 4.98 Å². The van der Waals surface area contributed by atoms with E-state index in [9.17, 15) is 19.2 Å². The molecule has 2 atom stereocenters. The van der Waals surface area contributed by atoms with Crippen LogP contribution < -0.4 is 5.32 Å². The van der Waals surface area contributed by atoms with E-state index in [0.29, 0.717) is 17.8 Å². The van der Waals surface area contributed by atoms with Crippen LogP contribution in [0.1, 0.15) is 35.1 Å². The number of Topliss-reactive ketones (excluding diaryl/α,β-unsaturated/α-hetero) is 1. The molecule has 39 heavy (non-hydrogen) atoms. The number of aromatic nitrogens is 1. The molecule has 1 aliphatic rings. The maximum Gasteiger partial charge on any atom is 0.245 e. The Labute approximate surface area is 232 Å². The zero-order valence-electron chi connectivity index (χ0n) is 22.6. The highest BCUT2D eigenvalue weighted by molar-refractivity contribution is 7.11. The molecular formula is C29H35N5O4S. The van der Waals surface area contributed by atoms with Gasteiger partial charge in [0.05, 0.1) is 12.6 Å². The Morgan fingerprint density at radius 1 is 1.18 bits per heavy atom. The lowest BCUT2D eigenvalue weighted by Gasteiger charge is -2.38. The van der Waals surface area contributed by atoms with Gasteiger partial charge in [-0.3, -0.25) is 19.2 Å². The molecule has 2 aromatic carbocycles. The Morgan fingerprint density at radius 3 is 2.67 bits per heavy atom. The number of hydrogen-bond donors (Lipinski definition) is 1. The predicted molar refractivity (Wildman–Crippen MR) is 152 cm³/mol. The molecule has 2 heterocycles. The van der Waals surface area contributed by atoms with E-state index in [4.69, 9.17) is 0 Å². The van der Waals surface area contributed by atoms with Crippen LogP contribution in [-0.4, -0.2) is 95.5 Å². The highest BCUT2D eigenvalue weighted by Gasteiger charge is 2.39. The minimum absolute atomic E-state index is 0.0921. The molecule has 3 amide bonds. The van der Waals surface area contributed by atoms with Crippen molar-refractivity contribution in [2.24, 2.45) is 0 Å². The van der Waals surface area contributed by atoms with Crippen LogP contribution in [0.5, 0.6) is 0 Å². The average Bonchev–Trinajstić information content (AvgIpc) is 3.47. The quantitative estimate of drug-likeness (QED) is 0.349. The van der Waals surface area contributed by atoms with Crippen molar-refractivity contribution < 1.29 is 19.2 Å². The molecule has 0 spiro atoms. The van der Waals surface area contributed by atoms with Crippen LogP contribution in [0, 0.1) is 0 Å². The van der Waals surface area contributed by atoms with E-state index in [1.165, 1.54) is 21.1 Å². The molecule has 3 aromatic rings. The fraction of sp³-hybridized carbons (Fsp3) is 0.414. The number of carbonyl (C=O) groups excluding carboxylic acids is 4. The maximum absolute atomic E-state index is 13.2. The van der Waals surface area contributed by atoms with E-state index >= 15 is 0 Å². The summed E-state index contributed by atoms with van der Waals surface area (Å²) in [5, 5.41) is 7.03. The number of nitrogens with zero attached hydrogens (tertiary/aromatic N) is 4. The third-order valence-corrected chi connectivity index (χ3v) is 7.94. The summed E-state index contributed by atoms with van der Waals surface area (Å²) in [6, 6.07) is 12.3. The summed E-state index contributed by atoms with van der Waals surface area (Å²) < 4.78 is 0. The van der Waals surface area contributed by atoms with Crippen LogP contribution >= 0.6 is 11.3 Å². The van der Waals surface area contributed by atoms with Crippen LogP contribution in [-0.2, 0) is 20.8 Å². The van der Waals surface area contributed by atoms with Gasteiger partial charge in [0.25, 0.3) is 0 Å². The fourth-order valence-electron chi connectivity index (χ4n) is 4.80. The van der Waals surface area contributed by atoms with Crippen molar-refractivity contribution in [2.75, 3.05) is 40.3 Å². The highest BCUT2D eigenvalue weighted by Crippen LogP contribution is 2.21. The van der Waals surface area contributed by atoms with Crippen LogP contribution in [0.2, 0.25) is 0 Å². The number of carbonyl (C=O) groups is 4. The number of hydrogen-bond acceptors (Lipinski definition) is 7. The third kappa shape index (κ3) is 7.07. The first-order valence-electron chi connectivity index (χ1n) is 13.2. The molecule has 4 rings (SSSR count). The summed E-state index contributed by atoms with van der Waals surface area (Å²) in [6.45, 7) is 3.34. The summed E-state index contributed by atoms with van der Waals surface area (Å²) in [5.74, 6) is -1.23. The molecule has 1 aliphatic heterocycles. The van der Waals surface area contributed by atoms with Crippen molar-refractivity contribution in [2.45, 2.75) is 38.3 Å². The normalized spacial score (nSPS) is 16.7. The lowest BCUT2D eigenvalue weighted by atomic mass is 9.98. The molecule has 10 heteroatoms. The standard InChI is InChI=1S/C29H35N5O4S/c1-4-32(2)14-7-10-23(27(37)28-30-13-15-39-28)31-25(35)18-34-24(29(38)33(3)19-26(34)36)17-20-11-12-21-8-5-6-9-22(21)16-20/h5-6,8-9,11-13,15-16,23-24H,4,7,10,14,17-19H2,1-3H3,(H,31,35)/t23-,24-/m0/s1. The SMILES string of the molecule is CCN(C)CCC[C@H](NC(=O)CN1C(=O)CN(C)C(=O)[C@@H]1Cc1ccc2ccccc2c1)C(=O)c1nccs1. The number of amides is 3. The second-order valence-electron chi connectivity index (χ2n) is 9.98. The smallest absolute Gasteiger partial charge is 0.245 e. The van der Waals surface area contributed by atoms with Gasteiger partial charge < -0.3 is 20.0 Å². The van der Waals surface area contributed by atoms with Crippen LogP contribution in [0.25, 0.3) is 10.8 Å². The largest absolute Gasteiger partial charge is 0.344 e. The monoisotopic (exact) mass is 549 g/mol. The molecule has 0 bridgehead atoms. The van der Waals surface area contributed by atoms with Crippen LogP contribution in [0.3, 0.4) is 0 Å². The second kappa shape index (κ2) is 12.9. The van der Waals surface area contributed by atoms with Crippen molar-refractivity contribution in [3.63, 3.8) is 0 Å². The summed E-state index contributed by atoms with van der Waals surface area (Å²) in [4.78, 5) is 61.6. The van der Waals surface area contributed by atoms with Crippen molar-refractivity contribution >= 4 is 45.6 Å².